The lowest BCUT2D eigenvalue weighted by molar-refractivity contribution is 0.412. The predicted molar refractivity (Wildman–Crippen MR) is 83.0 cm³/mol. The largest absolute Gasteiger partial charge is 0.363 e. The Morgan fingerprint density at radius 3 is 2.65 bits per heavy atom. The number of anilines is 1. The Morgan fingerprint density at radius 2 is 2.05 bits per heavy atom. The highest BCUT2D eigenvalue weighted by molar-refractivity contribution is 9.10. The van der Waals surface area contributed by atoms with Crippen molar-refractivity contribution < 1.29 is 0 Å². The number of aryl methyl sites for hydroxylation is 1. The number of halogens is 1. The van der Waals surface area contributed by atoms with E-state index in [4.69, 9.17) is 5.73 Å². The van der Waals surface area contributed by atoms with E-state index < -0.39 is 0 Å². The average Bonchev–Trinajstić information content (AvgIpc) is 2.68. The van der Waals surface area contributed by atoms with E-state index in [0.717, 1.165) is 24.9 Å². The van der Waals surface area contributed by atoms with Crippen molar-refractivity contribution in [1.29, 1.82) is 0 Å². The summed E-state index contributed by atoms with van der Waals surface area (Å²) in [6.45, 7) is 2.71. The minimum absolute atomic E-state index is 0.0291. The fourth-order valence-corrected chi connectivity index (χ4v) is 4.13. The standard InChI is InChI=1S/C14H21BrN4O/c1-2-5-18-14(20)13(15)12(8-17-18)19-10-3-4-11(19)7-9(16)6-10/h8-11H,2-7,16H2,1H3. The molecule has 2 aliphatic heterocycles. The van der Waals surface area contributed by atoms with Gasteiger partial charge in [0.2, 0.25) is 0 Å². The molecule has 0 spiro atoms. The van der Waals surface area contributed by atoms with E-state index in [-0.39, 0.29) is 5.56 Å². The molecule has 2 unspecified atom stereocenters. The minimum atomic E-state index is -0.0291. The Kier molecular flexibility index (Phi) is 3.86. The van der Waals surface area contributed by atoms with Gasteiger partial charge in [0.15, 0.2) is 0 Å². The molecule has 5 nitrogen and oxygen atoms in total. The normalized spacial score (nSPS) is 28.9. The zero-order chi connectivity index (χ0) is 14.3. The van der Waals surface area contributed by atoms with Gasteiger partial charge in [-0.25, -0.2) is 4.68 Å². The molecule has 6 heteroatoms. The maximum Gasteiger partial charge on any atom is 0.283 e. The maximum atomic E-state index is 12.3. The monoisotopic (exact) mass is 340 g/mol. The Hall–Kier alpha value is -0.880. The quantitative estimate of drug-likeness (QED) is 0.912. The van der Waals surface area contributed by atoms with Crippen LogP contribution in [0.2, 0.25) is 0 Å². The van der Waals surface area contributed by atoms with E-state index in [1.54, 1.807) is 0 Å². The summed E-state index contributed by atoms with van der Waals surface area (Å²) in [4.78, 5) is 14.7. The predicted octanol–water partition coefficient (Wildman–Crippen LogP) is 1.87. The SMILES string of the molecule is CCCn1ncc(N2C3CCC2CC(N)C3)c(Br)c1=O. The summed E-state index contributed by atoms with van der Waals surface area (Å²) >= 11 is 3.49. The van der Waals surface area contributed by atoms with Gasteiger partial charge in [0.1, 0.15) is 4.47 Å². The fraction of sp³-hybridized carbons (Fsp3) is 0.714. The number of nitrogens with zero attached hydrogens (tertiary/aromatic N) is 3. The third-order valence-electron chi connectivity index (χ3n) is 4.45. The summed E-state index contributed by atoms with van der Waals surface area (Å²) in [5, 5.41) is 4.32. The van der Waals surface area contributed by atoms with Crippen LogP contribution in [0.1, 0.15) is 39.0 Å². The van der Waals surface area contributed by atoms with Gasteiger partial charge in [0, 0.05) is 24.7 Å². The Balaban J connectivity index is 1.96. The average molecular weight is 341 g/mol. The molecule has 2 aliphatic rings. The van der Waals surface area contributed by atoms with Crippen molar-refractivity contribution in [3.8, 4) is 0 Å². The van der Waals surface area contributed by atoms with E-state index in [2.05, 4.69) is 25.9 Å². The van der Waals surface area contributed by atoms with Crippen LogP contribution in [0, 0.1) is 0 Å². The highest BCUT2D eigenvalue weighted by Crippen LogP contribution is 2.40. The van der Waals surface area contributed by atoms with Crippen molar-refractivity contribution in [2.45, 2.75) is 63.7 Å². The Morgan fingerprint density at radius 1 is 1.40 bits per heavy atom. The van der Waals surface area contributed by atoms with Crippen LogP contribution in [0.5, 0.6) is 0 Å². The van der Waals surface area contributed by atoms with Crippen LogP contribution < -0.4 is 16.2 Å². The number of fused-ring (bicyclic) bond motifs is 2. The highest BCUT2D eigenvalue weighted by Gasteiger charge is 2.40. The van der Waals surface area contributed by atoms with E-state index in [1.807, 2.05) is 13.1 Å². The van der Waals surface area contributed by atoms with Gasteiger partial charge in [-0.05, 0) is 48.0 Å². The van der Waals surface area contributed by atoms with E-state index >= 15 is 0 Å². The molecule has 0 aliphatic carbocycles. The number of nitrogens with two attached hydrogens (primary N) is 1. The molecule has 3 heterocycles. The molecule has 2 atom stereocenters. The lowest BCUT2D eigenvalue weighted by atomic mass is 9.98. The van der Waals surface area contributed by atoms with Gasteiger partial charge < -0.3 is 10.6 Å². The van der Waals surface area contributed by atoms with Gasteiger partial charge in [-0.15, -0.1) is 0 Å². The molecule has 0 radical (unpaired) electrons. The molecule has 0 saturated carbocycles. The van der Waals surface area contributed by atoms with Crippen molar-refractivity contribution in [3.63, 3.8) is 0 Å². The molecule has 1 aromatic heterocycles. The van der Waals surface area contributed by atoms with Crippen molar-refractivity contribution >= 4 is 21.6 Å². The van der Waals surface area contributed by atoms with Gasteiger partial charge >= 0.3 is 0 Å². The zero-order valence-electron chi connectivity index (χ0n) is 11.8. The smallest absolute Gasteiger partial charge is 0.283 e. The summed E-state index contributed by atoms with van der Waals surface area (Å²) < 4.78 is 2.18. The van der Waals surface area contributed by atoms with Crippen molar-refractivity contribution in [3.05, 3.63) is 21.0 Å². The van der Waals surface area contributed by atoms with E-state index in [1.165, 1.54) is 17.5 Å². The highest BCUT2D eigenvalue weighted by atomic mass is 79.9. The number of aromatic nitrogens is 2. The van der Waals surface area contributed by atoms with Gasteiger partial charge in [0.25, 0.3) is 5.56 Å². The summed E-state index contributed by atoms with van der Waals surface area (Å²) in [6.07, 6.45) is 7.11. The molecule has 2 N–H and O–H groups in total. The summed E-state index contributed by atoms with van der Waals surface area (Å²) in [5.74, 6) is 0. The number of rotatable bonds is 3. The zero-order valence-corrected chi connectivity index (χ0v) is 13.3. The van der Waals surface area contributed by atoms with Gasteiger partial charge in [-0.2, -0.15) is 5.10 Å². The van der Waals surface area contributed by atoms with Gasteiger partial charge in [0.05, 0.1) is 11.9 Å². The van der Waals surface area contributed by atoms with Gasteiger partial charge in [-0.1, -0.05) is 6.92 Å². The van der Waals surface area contributed by atoms with Crippen LogP contribution in [-0.4, -0.2) is 27.9 Å². The molecule has 0 aromatic carbocycles. The van der Waals surface area contributed by atoms with Crippen LogP contribution in [-0.2, 0) is 6.54 Å². The first kappa shape index (κ1) is 14.1. The van der Waals surface area contributed by atoms with Crippen LogP contribution in [0.25, 0.3) is 0 Å². The van der Waals surface area contributed by atoms with Crippen LogP contribution >= 0.6 is 15.9 Å². The van der Waals surface area contributed by atoms with Crippen LogP contribution in [0.4, 0.5) is 5.69 Å². The summed E-state index contributed by atoms with van der Waals surface area (Å²) in [6, 6.07) is 1.22. The maximum absolute atomic E-state index is 12.3. The lowest BCUT2D eigenvalue weighted by Gasteiger charge is -2.39. The molecule has 1 aromatic rings. The number of hydrogen-bond acceptors (Lipinski definition) is 4. The van der Waals surface area contributed by atoms with Gasteiger partial charge in [-0.3, -0.25) is 4.79 Å². The second kappa shape index (κ2) is 5.48. The molecule has 110 valence electrons. The Bertz CT molecular complexity index is 545. The van der Waals surface area contributed by atoms with Crippen molar-refractivity contribution in [2.24, 2.45) is 5.73 Å². The number of piperidine rings is 1. The first-order valence-corrected chi connectivity index (χ1v) is 8.20. The second-order valence-electron chi connectivity index (χ2n) is 5.90. The van der Waals surface area contributed by atoms with Crippen LogP contribution in [0.3, 0.4) is 0 Å². The molecular weight excluding hydrogens is 320 g/mol. The minimum Gasteiger partial charge on any atom is -0.363 e. The Labute approximate surface area is 127 Å². The summed E-state index contributed by atoms with van der Waals surface area (Å²) in [5.41, 5.74) is 7.02. The summed E-state index contributed by atoms with van der Waals surface area (Å²) in [7, 11) is 0. The topological polar surface area (TPSA) is 64.2 Å². The van der Waals surface area contributed by atoms with Crippen molar-refractivity contribution in [1.82, 2.24) is 9.78 Å². The van der Waals surface area contributed by atoms with E-state index in [9.17, 15) is 4.79 Å². The lowest BCUT2D eigenvalue weighted by Crippen LogP contribution is -2.48. The third-order valence-corrected chi connectivity index (χ3v) is 5.20. The first-order valence-electron chi connectivity index (χ1n) is 7.41. The molecule has 0 amide bonds. The molecule has 2 saturated heterocycles. The molecule has 3 rings (SSSR count). The first-order chi connectivity index (χ1) is 9.61. The molecular formula is C14H21BrN4O. The molecule has 2 fully saturated rings. The number of hydrogen-bond donors (Lipinski definition) is 1. The fourth-order valence-electron chi connectivity index (χ4n) is 3.62. The molecule has 20 heavy (non-hydrogen) atoms. The van der Waals surface area contributed by atoms with Crippen molar-refractivity contribution in [2.75, 3.05) is 4.90 Å². The van der Waals surface area contributed by atoms with Crippen LogP contribution in [0.15, 0.2) is 15.5 Å². The second-order valence-corrected chi connectivity index (χ2v) is 6.69. The molecule has 2 bridgehead atoms. The van der Waals surface area contributed by atoms with E-state index in [0.29, 0.717) is 29.1 Å². The third kappa shape index (κ3) is 2.29.